The quantitative estimate of drug-likeness (QED) is 0.708. The molecule has 2 aromatic carbocycles. The summed E-state index contributed by atoms with van der Waals surface area (Å²) in [6.45, 7) is 0. The van der Waals surface area contributed by atoms with E-state index < -0.39 is 0 Å². The number of rotatable bonds is 5. The SMILES string of the molecule is Fc1ccc(-c2nnc(CCCc3ccccc3)o2)cc1. The largest absolute Gasteiger partial charge is 0.421 e. The predicted molar refractivity (Wildman–Crippen MR) is 78.2 cm³/mol. The van der Waals surface area contributed by atoms with Gasteiger partial charge in [0.25, 0.3) is 0 Å². The van der Waals surface area contributed by atoms with Gasteiger partial charge >= 0.3 is 0 Å². The van der Waals surface area contributed by atoms with Crippen molar-refractivity contribution in [1.82, 2.24) is 10.2 Å². The molecule has 0 amide bonds. The van der Waals surface area contributed by atoms with Crippen molar-refractivity contribution in [2.24, 2.45) is 0 Å². The Balaban J connectivity index is 1.59. The highest BCUT2D eigenvalue weighted by atomic mass is 19.1. The Morgan fingerprint density at radius 3 is 2.38 bits per heavy atom. The van der Waals surface area contributed by atoms with E-state index in [9.17, 15) is 4.39 Å². The van der Waals surface area contributed by atoms with Crippen molar-refractivity contribution in [3.63, 3.8) is 0 Å². The van der Waals surface area contributed by atoms with Gasteiger partial charge in [0.15, 0.2) is 0 Å². The molecule has 3 rings (SSSR count). The van der Waals surface area contributed by atoms with Crippen molar-refractivity contribution in [1.29, 1.82) is 0 Å². The molecule has 21 heavy (non-hydrogen) atoms. The highest BCUT2D eigenvalue weighted by Gasteiger charge is 2.08. The number of halogens is 1. The van der Waals surface area contributed by atoms with E-state index in [0.717, 1.165) is 24.8 Å². The Morgan fingerprint density at radius 1 is 0.857 bits per heavy atom. The second kappa shape index (κ2) is 6.31. The highest BCUT2D eigenvalue weighted by Crippen LogP contribution is 2.18. The smallest absolute Gasteiger partial charge is 0.247 e. The minimum absolute atomic E-state index is 0.277. The van der Waals surface area contributed by atoms with Crippen LogP contribution in [0.2, 0.25) is 0 Å². The first-order valence-electron chi connectivity index (χ1n) is 6.93. The van der Waals surface area contributed by atoms with Crippen LogP contribution in [0.25, 0.3) is 11.5 Å². The summed E-state index contributed by atoms with van der Waals surface area (Å²) >= 11 is 0. The van der Waals surface area contributed by atoms with Gasteiger partial charge in [0.2, 0.25) is 11.8 Å². The van der Waals surface area contributed by atoms with E-state index in [4.69, 9.17) is 4.42 Å². The summed E-state index contributed by atoms with van der Waals surface area (Å²) in [7, 11) is 0. The topological polar surface area (TPSA) is 38.9 Å². The Labute approximate surface area is 122 Å². The van der Waals surface area contributed by atoms with Crippen LogP contribution in [0.15, 0.2) is 59.0 Å². The molecule has 0 spiro atoms. The first-order valence-corrected chi connectivity index (χ1v) is 6.93. The maximum absolute atomic E-state index is 12.9. The summed E-state index contributed by atoms with van der Waals surface area (Å²) in [6.07, 6.45) is 2.67. The summed E-state index contributed by atoms with van der Waals surface area (Å²) in [4.78, 5) is 0. The van der Waals surface area contributed by atoms with Gasteiger partial charge in [-0.05, 0) is 42.7 Å². The standard InChI is InChI=1S/C17H15FN2O/c18-15-11-9-14(10-12-15)17-20-19-16(21-17)8-4-7-13-5-2-1-3-6-13/h1-3,5-6,9-12H,4,7-8H2. The van der Waals surface area contributed by atoms with Crippen LogP contribution in [0.5, 0.6) is 0 Å². The zero-order chi connectivity index (χ0) is 14.5. The van der Waals surface area contributed by atoms with Crippen molar-refractivity contribution >= 4 is 0 Å². The van der Waals surface area contributed by atoms with E-state index in [1.807, 2.05) is 18.2 Å². The van der Waals surface area contributed by atoms with Crippen molar-refractivity contribution in [3.05, 3.63) is 71.9 Å². The fourth-order valence-electron chi connectivity index (χ4n) is 2.15. The maximum atomic E-state index is 12.9. The molecule has 106 valence electrons. The second-order valence-electron chi connectivity index (χ2n) is 4.85. The molecule has 0 N–H and O–H groups in total. The minimum atomic E-state index is -0.277. The van der Waals surface area contributed by atoms with E-state index >= 15 is 0 Å². The number of aryl methyl sites for hydroxylation is 2. The summed E-state index contributed by atoms with van der Waals surface area (Å²) in [6, 6.07) is 16.3. The number of nitrogens with zero attached hydrogens (tertiary/aromatic N) is 2. The van der Waals surface area contributed by atoms with E-state index in [1.54, 1.807) is 12.1 Å². The zero-order valence-electron chi connectivity index (χ0n) is 11.5. The van der Waals surface area contributed by atoms with Crippen molar-refractivity contribution < 1.29 is 8.81 Å². The van der Waals surface area contributed by atoms with Gasteiger partial charge in [0.05, 0.1) is 0 Å². The molecule has 1 aromatic heterocycles. The molecule has 0 unspecified atom stereocenters. The predicted octanol–water partition coefficient (Wildman–Crippen LogP) is 4.05. The number of hydrogen-bond donors (Lipinski definition) is 0. The molecule has 3 aromatic rings. The molecule has 0 bridgehead atoms. The lowest BCUT2D eigenvalue weighted by Crippen LogP contribution is -1.90. The fourth-order valence-corrected chi connectivity index (χ4v) is 2.15. The summed E-state index contributed by atoms with van der Waals surface area (Å²) in [5.74, 6) is 0.774. The van der Waals surface area contributed by atoms with Gasteiger partial charge in [0, 0.05) is 12.0 Å². The maximum Gasteiger partial charge on any atom is 0.247 e. The molecular formula is C17H15FN2O. The van der Waals surface area contributed by atoms with Gasteiger partial charge in [-0.3, -0.25) is 0 Å². The van der Waals surface area contributed by atoms with E-state index in [-0.39, 0.29) is 5.82 Å². The average molecular weight is 282 g/mol. The summed E-state index contributed by atoms with van der Waals surface area (Å²) < 4.78 is 18.5. The Morgan fingerprint density at radius 2 is 1.62 bits per heavy atom. The van der Waals surface area contributed by atoms with Crippen molar-refractivity contribution in [2.45, 2.75) is 19.3 Å². The summed E-state index contributed by atoms with van der Waals surface area (Å²) in [5.41, 5.74) is 2.04. The van der Waals surface area contributed by atoms with Crippen LogP contribution in [0.4, 0.5) is 4.39 Å². The number of hydrogen-bond acceptors (Lipinski definition) is 3. The lowest BCUT2D eigenvalue weighted by atomic mass is 10.1. The monoisotopic (exact) mass is 282 g/mol. The van der Waals surface area contributed by atoms with E-state index in [0.29, 0.717) is 11.8 Å². The average Bonchev–Trinajstić information content (AvgIpc) is 2.98. The first-order chi connectivity index (χ1) is 10.3. The zero-order valence-corrected chi connectivity index (χ0v) is 11.5. The highest BCUT2D eigenvalue weighted by molar-refractivity contribution is 5.51. The fraction of sp³-hybridized carbons (Fsp3) is 0.176. The Kier molecular flexibility index (Phi) is 4.05. The minimum Gasteiger partial charge on any atom is -0.421 e. The van der Waals surface area contributed by atoms with Crippen LogP contribution in [0.3, 0.4) is 0 Å². The first kappa shape index (κ1) is 13.5. The molecule has 0 radical (unpaired) electrons. The van der Waals surface area contributed by atoms with Gasteiger partial charge in [-0.1, -0.05) is 30.3 Å². The van der Waals surface area contributed by atoms with Crippen LogP contribution in [-0.2, 0) is 12.8 Å². The molecule has 0 aliphatic rings. The van der Waals surface area contributed by atoms with Gasteiger partial charge in [-0.15, -0.1) is 10.2 Å². The number of aromatic nitrogens is 2. The summed E-state index contributed by atoms with van der Waals surface area (Å²) in [5, 5.41) is 8.04. The lowest BCUT2D eigenvalue weighted by molar-refractivity contribution is 0.497. The van der Waals surface area contributed by atoms with Crippen LogP contribution in [0, 0.1) is 5.82 Å². The molecule has 0 aliphatic heterocycles. The van der Waals surface area contributed by atoms with E-state index in [1.165, 1.54) is 17.7 Å². The third-order valence-electron chi connectivity index (χ3n) is 3.26. The number of benzene rings is 2. The molecule has 4 heteroatoms. The van der Waals surface area contributed by atoms with Gasteiger partial charge in [0.1, 0.15) is 5.82 Å². The molecular weight excluding hydrogens is 267 g/mol. The van der Waals surface area contributed by atoms with Crippen LogP contribution < -0.4 is 0 Å². The molecule has 0 fully saturated rings. The van der Waals surface area contributed by atoms with Gasteiger partial charge < -0.3 is 4.42 Å². The molecule has 1 heterocycles. The Bertz CT molecular complexity index is 692. The van der Waals surface area contributed by atoms with Gasteiger partial charge in [-0.25, -0.2) is 4.39 Å². The van der Waals surface area contributed by atoms with Crippen molar-refractivity contribution in [3.8, 4) is 11.5 Å². The third-order valence-corrected chi connectivity index (χ3v) is 3.26. The molecule has 0 saturated heterocycles. The van der Waals surface area contributed by atoms with Crippen LogP contribution in [-0.4, -0.2) is 10.2 Å². The van der Waals surface area contributed by atoms with Crippen LogP contribution >= 0.6 is 0 Å². The second-order valence-corrected chi connectivity index (χ2v) is 4.85. The molecule has 3 nitrogen and oxygen atoms in total. The van der Waals surface area contributed by atoms with E-state index in [2.05, 4.69) is 22.3 Å². The van der Waals surface area contributed by atoms with Crippen molar-refractivity contribution in [2.75, 3.05) is 0 Å². The Hall–Kier alpha value is -2.49. The lowest BCUT2D eigenvalue weighted by Gasteiger charge is -1.98. The third kappa shape index (κ3) is 3.54. The molecule has 0 saturated carbocycles. The van der Waals surface area contributed by atoms with Gasteiger partial charge in [-0.2, -0.15) is 0 Å². The molecule has 0 atom stereocenters. The molecule has 0 aliphatic carbocycles. The normalized spacial score (nSPS) is 10.7. The van der Waals surface area contributed by atoms with Crippen LogP contribution in [0.1, 0.15) is 17.9 Å².